The fourth-order valence-electron chi connectivity index (χ4n) is 3.27. The van der Waals surface area contributed by atoms with Gasteiger partial charge in [-0.05, 0) is 29.7 Å². The van der Waals surface area contributed by atoms with Crippen molar-refractivity contribution in [3.8, 4) is 11.8 Å². The van der Waals surface area contributed by atoms with Gasteiger partial charge in [0.25, 0.3) is 0 Å². The average molecular weight is 409 g/mol. The van der Waals surface area contributed by atoms with Crippen molar-refractivity contribution in [1.82, 2.24) is 25.6 Å². The van der Waals surface area contributed by atoms with Crippen molar-refractivity contribution in [2.45, 2.75) is 19.3 Å². The lowest BCUT2D eigenvalue weighted by Crippen LogP contribution is -2.14. The second-order valence-corrected chi connectivity index (χ2v) is 6.94. The van der Waals surface area contributed by atoms with Gasteiger partial charge in [0.2, 0.25) is 0 Å². The van der Waals surface area contributed by atoms with Gasteiger partial charge in [0.15, 0.2) is 23.3 Å². The third-order valence-electron chi connectivity index (χ3n) is 4.95. The maximum atomic E-state index is 10.9. The fourth-order valence-corrected chi connectivity index (χ4v) is 3.27. The van der Waals surface area contributed by atoms with Crippen LogP contribution in [0.2, 0.25) is 0 Å². The molecule has 0 radical (unpaired) electrons. The molecule has 31 heavy (non-hydrogen) atoms. The smallest absolute Gasteiger partial charge is 0.197 e. The first kappa shape index (κ1) is 19.9. The van der Waals surface area contributed by atoms with E-state index in [2.05, 4.69) is 36.7 Å². The van der Waals surface area contributed by atoms with Gasteiger partial charge in [-0.3, -0.25) is 0 Å². The fraction of sp³-hybridized carbons (Fsp3) is 0.130. The number of H-pyrrole nitrogens is 1. The van der Waals surface area contributed by atoms with Crippen molar-refractivity contribution in [3.05, 3.63) is 94.9 Å². The van der Waals surface area contributed by atoms with Crippen LogP contribution in [0.3, 0.4) is 0 Å². The topological polar surface area (TPSA) is 124 Å². The molecule has 2 aromatic carbocycles. The highest BCUT2D eigenvalue weighted by atomic mass is 16.3. The Morgan fingerprint density at radius 2 is 1.87 bits per heavy atom. The second kappa shape index (κ2) is 8.97. The van der Waals surface area contributed by atoms with Gasteiger partial charge in [0.1, 0.15) is 0 Å². The third kappa shape index (κ3) is 4.31. The van der Waals surface area contributed by atoms with Gasteiger partial charge in [-0.1, -0.05) is 59.8 Å². The summed E-state index contributed by atoms with van der Waals surface area (Å²) in [4.78, 5) is 8.85. The first-order chi connectivity index (χ1) is 15.2. The second-order valence-electron chi connectivity index (χ2n) is 6.94. The highest BCUT2D eigenvalue weighted by Gasteiger charge is 2.25. The number of rotatable bonds is 6. The number of nitrogens with one attached hydrogen (secondary N) is 1. The van der Waals surface area contributed by atoms with E-state index in [4.69, 9.17) is 0 Å². The predicted octanol–water partition coefficient (Wildman–Crippen LogP) is 3.63. The first-order valence-corrected chi connectivity index (χ1v) is 9.65. The van der Waals surface area contributed by atoms with Crippen LogP contribution in [-0.4, -0.2) is 36.4 Å². The van der Waals surface area contributed by atoms with Gasteiger partial charge in [-0.25, -0.2) is 9.98 Å². The number of nitriles is 1. The molecule has 4 rings (SSSR count). The molecule has 0 saturated heterocycles. The van der Waals surface area contributed by atoms with Crippen LogP contribution in [0.1, 0.15) is 34.0 Å². The molecule has 0 saturated carbocycles. The summed E-state index contributed by atoms with van der Waals surface area (Å²) in [7, 11) is 0. The molecular weight excluding hydrogens is 390 g/mol. The Hall–Kier alpha value is -4.38. The van der Waals surface area contributed by atoms with Crippen LogP contribution in [0.4, 0.5) is 5.82 Å². The molecule has 4 aromatic rings. The van der Waals surface area contributed by atoms with Crippen molar-refractivity contribution >= 4 is 11.5 Å². The van der Waals surface area contributed by atoms with Gasteiger partial charge < -0.3 is 5.11 Å². The minimum absolute atomic E-state index is 0.0241. The minimum atomic E-state index is -0.887. The van der Waals surface area contributed by atoms with Crippen LogP contribution in [-0.2, 0) is 6.42 Å². The van der Waals surface area contributed by atoms with Crippen LogP contribution in [0.5, 0.6) is 5.75 Å². The zero-order chi connectivity index (χ0) is 21.6. The summed E-state index contributed by atoms with van der Waals surface area (Å²) < 4.78 is 0. The standard InChI is InChI=1S/C23H19N7O/c1-15-7-5-6-10-17(15)13-18-11-12-25-23(21(18)31)26-20(16-8-3-2-4-9-16)19(14-24)22-27-29-30-28-22/h2-12,19,31H,13H2,1H3,(H,27,28,29,30). The van der Waals surface area contributed by atoms with Gasteiger partial charge in [-0.2, -0.15) is 10.5 Å². The molecule has 2 heterocycles. The maximum absolute atomic E-state index is 10.9. The van der Waals surface area contributed by atoms with E-state index in [1.54, 1.807) is 12.3 Å². The Morgan fingerprint density at radius 3 is 2.58 bits per heavy atom. The van der Waals surface area contributed by atoms with Crippen LogP contribution in [0.15, 0.2) is 71.9 Å². The Morgan fingerprint density at radius 1 is 1.10 bits per heavy atom. The molecule has 152 valence electrons. The van der Waals surface area contributed by atoms with E-state index in [-0.39, 0.29) is 17.4 Å². The Balaban J connectivity index is 1.79. The molecule has 1 atom stereocenters. The monoisotopic (exact) mass is 409 g/mol. The highest BCUT2D eigenvalue weighted by molar-refractivity contribution is 6.07. The molecular formula is C23H19N7O. The average Bonchev–Trinajstić information content (AvgIpc) is 3.33. The number of aromatic hydroxyl groups is 1. The lowest BCUT2D eigenvalue weighted by Gasteiger charge is -2.12. The molecule has 2 aromatic heterocycles. The molecule has 8 heteroatoms. The molecule has 0 aliphatic heterocycles. The first-order valence-electron chi connectivity index (χ1n) is 9.65. The van der Waals surface area contributed by atoms with Crippen LogP contribution in [0, 0.1) is 18.3 Å². The van der Waals surface area contributed by atoms with Gasteiger partial charge in [0.05, 0.1) is 11.8 Å². The summed E-state index contributed by atoms with van der Waals surface area (Å²) in [6.45, 7) is 2.03. The van der Waals surface area contributed by atoms with Crippen molar-refractivity contribution < 1.29 is 5.11 Å². The van der Waals surface area contributed by atoms with Gasteiger partial charge >= 0.3 is 0 Å². The van der Waals surface area contributed by atoms with Crippen molar-refractivity contribution in [1.29, 1.82) is 5.26 Å². The van der Waals surface area contributed by atoms with Gasteiger partial charge in [-0.15, -0.1) is 10.2 Å². The molecule has 1 unspecified atom stereocenters. The highest BCUT2D eigenvalue weighted by Crippen LogP contribution is 2.32. The zero-order valence-electron chi connectivity index (χ0n) is 16.8. The number of hydrogen-bond donors (Lipinski definition) is 2. The van der Waals surface area contributed by atoms with Crippen molar-refractivity contribution in [2.75, 3.05) is 0 Å². The van der Waals surface area contributed by atoms with E-state index in [0.717, 1.165) is 11.1 Å². The van der Waals surface area contributed by atoms with E-state index >= 15 is 0 Å². The summed E-state index contributed by atoms with van der Waals surface area (Å²) in [5.41, 5.74) is 4.01. The lowest BCUT2D eigenvalue weighted by molar-refractivity contribution is 0.468. The molecule has 2 N–H and O–H groups in total. The van der Waals surface area contributed by atoms with E-state index < -0.39 is 5.92 Å². The number of hydrogen-bond acceptors (Lipinski definition) is 7. The van der Waals surface area contributed by atoms with Crippen LogP contribution >= 0.6 is 0 Å². The minimum Gasteiger partial charge on any atom is -0.504 e. The largest absolute Gasteiger partial charge is 0.504 e. The number of benzene rings is 2. The third-order valence-corrected chi connectivity index (χ3v) is 4.95. The van der Waals surface area contributed by atoms with Crippen LogP contribution < -0.4 is 0 Å². The maximum Gasteiger partial charge on any atom is 0.197 e. The summed E-state index contributed by atoms with van der Waals surface area (Å²) in [5.74, 6) is -0.583. The van der Waals surface area contributed by atoms with E-state index in [1.807, 2.05) is 61.5 Å². The van der Waals surface area contributed by atoms with Crippen LogP contribution in [0.25, 0.3) is 0 Å². The number of tetrazole rings is 1. The molecule has 0 aliphatic rings. The van der Waals surface area contributed by atoms with E-state index in [9.17, 15) is 10.4 Å². The molecule has 0 fully saturated rings. The SMILES string of the molecule is Cc1ccccc1Cc1ccnc(N=C(c2ccccc2)C(C#N)c2nn[nH]n2)c1O. The van der Waals surface area contributed by atoms with E-state index in [0.29, 0.717) is 23.3 Å². The van der Waals surface area contributed by atoms with E-state index in [1.165, 1.54) is 0 Å². The quantitative estimate of drug-likeness (QED) is 0.469. The Labute approximate surface area is 179 Å². The number of aromatic amines is 1. The zero-order valence-corrected chi connectivity index (χ0v) is 16.8. The number of aryl methyl sites for hydroxylation is 1. The normalized spacial score (nSPS) is 12.3. The van der Waals surface area contributed by atoms with Crippen molar-refractivity contribution in [3.63, 3.8) is 0 Å². The molecule has 0 bridgehead atoms. The van der Waals surface area contributed by atoms with Gasteiger partial charge in [0, 0.05) is 18.2 Å². The summed E-state index contributed by atoms with van der Waals surface area (Å²) in [6, 6.07) is 21.2. The number of nitrogens with zero attached hydrogens (tertiary/aromatic N) is 6. The lowest BCUT2D eigenvalue weighted by atomic mass is 9.97. The number of aliphatic imine (C=N–C) groups is 1. The summed E-state index contributed by atoms with van der Waals surface area (Å²) >= 11 is 0. The molecule has 0 amide bonds. The Bertz CT molecular complexity index is 1240. The molecule has 0 aliphatic carbocycles. The number of aromatic nitrogens is 5. The number of pyridine rings is 1. The molecule has 8 nitrogen and oxygen atoms in total. The summed E-state index contributed by atoms with van der Waals surface area (Å²) in [5, 5.41) is 34.6. The van der Waals surface area contributed by atoms with Crippen molar-refractivity contribution in [2.24, 2.45) is 4.99 Å². The summed E-state index contributed by atoms with van der Waals surface area (Å²) in [6.07, 6.45) is 2.14. The predicted molar refractivity (Wildman–Crippen MR) is 115 cm³/mol. The Kier molecular flexibility index (Phi) is 5.76. The molecule has 0 spiro atoms.